The van der Waals surface area contributed by atoms with Gasteiger partial charge in [-0.15, -0.1) is 0 Å². The molecule has 1 heterocycles. The molecule has 0 atom stereocenters. The molecule has 0 bridgehead atoms. The van der Waals surface area contributed by atoms with Crippen molar-refractivity contribution >= 4 is 0 Å². The zero-order valence-electron chi connectivity index (χ0n) is 7.22. The Bertz CT molecular complexity index is 332. The van der Waals surface area contributed by atoms with Gasteiger partial charge in [0.15, 0.2) is 0 Å². The zero-order chi connectivity index (χ0) is 11.7. The third-order valence-electron chi connectivity index (χ3n) is 1.71. The van der Waals surface area contributed by atoms with Crippen LogP contribution in [0.5, 0.6) is 0 Å². The lowest BCUT2D eigenvalue weighted by molar-refractivity contribution is -0.289. The molecule has 2 nitrogen and oxygen atoms in total. The van der Waals surface area contributed by atoms with Gasteiger partial charge in [-0.3, -0.25) is 4.98 Å². The van der Waals surface area contributed by atoms with Crippen LogP contribution in [0.25, 0.3) is 0 Å². The lowest BCUT2D eigenvalue weighted by Crippen LogP contribution is -2.33. The van der Waals surface area contributed by atoms with E-state index in [9.17, 15) is 22.0 Å². The van der Waals surface area contributed by atoms with Gasteiger partial charge in [0.25, 0.3) is 0 Å². The second kappa shape index (κ2) is 3.73. The molecule has 0 radical (unpaired) electrons. The summed E-state index contributed by atoms with van der Waals surface area (Å²) in [5.74, 6) is -4.92. The average Bonchev–Trinajstić information content (AvgIpc) is 2.16. The summed E-state index contributed by atoms with van der Waals surface area (Å²) < 4.78 is 61.0. The molecule has 0 aromatic carbocycles. The molecule has 0 amide bonds. The molecular formula is C8H6F5NO. The number of aromatic nitrogens is 1. The van der Waals surface area contributed by atoms with Gasteiger partial charge in [-0.25, -0.2) is 0 Å². The first kappa shape index (κ1) is 11.8. The lowest BCUT2D eigenvalue weighted by atomic mass is 10.1. The molecule has 1 aromatic heterocycles. The fourth-order valence-electron chi connectivity index (χ4n) is 0.867. The van der Waals surface area contributed by atoms with Crippen molar-refractivity contribution in [2.75, 3.05) is 0 Å². The van der Waals surface area contributed by atoms with E-state index in [1.54, 1.807) is 0 Å². The minimum Gasteiger partial charge on any atom is -0.390 e. The molecule has 1 rings (SSSR count). The SMILES string of the molecule is OCc1ccc(C(F)(F)C(F)(F)F)cn1. The highest BCUT2D eigenvalue weighted by atomic mass is 19.4. The van der Waals surface area contributed by atoms with Gasteiger partial charge in [0.2, 0.25) is 0 Å². The number of aliphatic hydroxyl groups is 1. The van der Waals surface area contributed by atoms with Crippen LogP contribution in [0.3, 0.4) is 0 Å². The number of halogens is 5. The van der Waals surface area contributed by atoms with Gasteiger partial charge in [0.1, 0.15) is 0 Å². The van der Waals surface area contributed by atoms with Crippen molar-refractivity contribution in [3.8, 4) is 0 Å². The van der Waals surface area contributed by atoms with Crippen molar-refractivity contribution in [3.63, 3.8) is 0 Å². The Morgan fingerprint density at radius 2 is 1.73 bits per heavy atom. The summed E-state index contributed by atoms with van der Waals surface area (Å²) in [6.45, 7) is -0.516. The van der Waals surface area contributed by atoms with E-state index in [2.05, 4.69) is 4.98 Å². The number of hydrogen-bond acceptors (Lipinski definition) is 2. The van der Waals surface area contributed by atoms with Crippen LogP contribution in [-0.4, -0.2) is 16.3 Å². The second-order valence-corrected chi connectivity index (χ2v) is 2.77. The summed E-state index contributed by atoms with van der Waals surface area (Å²) >= 11 is 0. The van der Waals surface area contributed by atoms with E-state index < -0.39 is 24.3 Å². The van der Waals surface area contributed by atoms with Crippen molar-refractivity contribution in [1.82, 2.24) is 4.98 Å². The number of nitrogens with zero attached hydrogens (tertiary/aromatic N) is 1. The quantitative estimate of drug-likeness (QED) is 0.786. The average molecular weight is 227 g/mol. The summed E-state index contributed by atoms with van der Waals surface area (Å²) in [5, 5.41) is 8.52. The van der Waals surface area contributed by atoms with Gasteiger partial charge < -0.3 is 5.11 Å². The van der Waals surface area contributed by atoms with Gasteiger partial charge in [0.05, 0.1) is 12.3 Å². The molecule has 0 aliphatic heterocycles. The number of aliphatic hydroxyl groups excluding tert-OH is 1. The monoisotopic (exact) mass is 227 g/mol. The predicted octanol–water partition coefficient (Wildman–Crippen LogP) is 2.23. The third kappa shape index (κ3) is 2.23. The van der Waals surface area contributed by atoms with E-state index in [1.165, 1.54) is 0 Å². The van der Waals surface area contributed by atoms with E-state index in [0.717, 1.165) is 6.07 Å². The second-order valence-electron chi connectivity index (χ2n) is 2.77. The topological polar surface area (TPSA) is 33.1 Å². The first-order valence-corrected chi connectivity index (χ1v) is 3.80. The van der Waals surface area contributed by atoms with E-state index >= 15 is 0 Å². The van der Waals surface area contributed by atoms with Crippen LogP contribution in [0.15, 0.2) is 18.3 Å². The number of hydrogen-bond donors (Lipinski definition) is 1. The summed E-state index contributed by atoms with van der Waals surface area (Å²) in [5.41, 5.74) is -1.22. The first-order valence-electron chi connectivity index (χ1n) is 3.80. The molecule has 15 heavy (non-hydrogen) atoms. The van der Waals surface area contributed by atoms with Gasteiger partial charge in [-0.1, -0.05) is 0 Å². The highest BCUT2D eigenvalue weighted by molar-refractivity contribution is 5.20. The van der Waals surface area contributed by atoms with E-state index in [1.807, 2.05) is 0 Å². The minimum absolute atomic E-state index is 0.0247. The maximum Gasteiger partial charge on any atom is 0.458 e. The molecule has 0 fully saturated rings. The number of alkyl halides is 5. The lowest BCUT2D eigenvalue weighted by Gasteiger charge is -2.19. The smallest absolute Gasteiger partial charge is 0.390 e. The summed E-state index contributed by atoms with van der Waals surface area (Å²) in [4.78, 5) is 3.25. The van der Waals surface area contributed by atoms with Gasteiger partial charge in [-0.05, 0) is 12.1 Å². The Kier molecular flexibility index (Phi) is 2.94. The van der Waals surface area contributed by atoms with Crippen LogP contribution in [-0.2, 0) is 12.5 Å². The number of rotatable bonds is 2. The van der Waals surface area contributed by atoms with E-state index in [-0.39, 0.29) is 5.69 Å². The third-order valence-corrected chi connectivity index (χ3v) is 1.71. The Morgan fingerprint density at radius 3 is 2.07 bits per heavy atom. The van der Waals surface area contributed by atoms with Crippen molar-refractivity contribution in [1.29, 1.82) is 0 Å². The van der Waals surface area contributed by atoms with Crippen LogP contribution in [0.2, 0.25) is 0 Å². The molecule has 0 aliphatic rings. The predicted molar refractivity (Wildman–Crippen MR) is 40.1 cm³/mol. The maximum atomic E-state index is 12.7. The standard InChI is InChI=1S/C8H6F5NO/c9-7(10,8(11,12)13)5-1-2-6(4-15)14-3-5/h1-3,15H,4H2. The maximum absolute atomic E-state index is 12.7. The van der Waals surface area contributed by atoms with Gasteiger partial charge >= 0.3 is 12.1 Å². The van der Waals surface area contributed by atoms with Gasteiger partial charge in [0, 0.05) is 11.8 Å². The summed E-state index contributed by atoms with van der Waals surface area (Å²) in [6.07, 6.45) is -5.24. The Hall–Kier alpha value is -1.24. The number of pyridine rings is 1. The normalized spacial score (nSPS) is 12.9. The molecule has 0 aliphatic carbocycles. The van der Waals surface area contributed by atoms with Crippen LogP contribution >= 0.6 is 0 Å². The van der Waals surface area contributed by atoms with Crippen LogP contribution in [0, 0.1) is 0 Å². The largest absolute Gasteiger partial charge is 0.458 e. The Labute approximate surface area is 81.4 Å². The summed E-state index contributed by atoms with van der Waals surface area (Å²) in [7, 11) is 0. The van der Waals surface area contributed by atoms with Crippen molar-refractivity contribution in [3.05, 3.63) is 29.6 Å². The fourth-order valence-corrected chi connectivity index (χ4v) is 0.867. The zero-order valence-corrected chi connectivity index (χ0v) is 7.22. The van der Waals surface area contributed by atoms with Gasteiger partial charge in [-0.2, -0.15) is 22.0 Å². The van der Waals surface area contributed by atoms with Crippen molar-refractivity contribution in [2.45, 2.75) is 18.7 Å². The molecule has 1 N–H and O–H groups in total. The molecule has 0 saturated carbocycles. The molecular weight excluding hydrogens is 221 g/mol. The fraction of sp³-hybridized carbons (Fsp3) is 0.375. The Balaban J connectivity index is 3.06. The molecule has 7 heteroatoms. The van der Waals surface area contributed by atoms with Crippen LogP contribution in [0.4, 0.5) is 22.0 Å². The van der Waals surface area contributed by atoms with E-state index in [0.29, 0.717) is 12.3 Å². The molecule has 0 unspecified atom stereocenters. The first-order chi connectivity index (χ1) is 6.79. The highest BCUT2D eigenvalue weighted by Gasteiger charge is 2.58. The van der Waals surface area contributed by atoms with Crippen molar-refractivity contribution in [2.24, 2.45) is 0 Å². The van der Waals surface area contributed by atoms with E-state index in [4.69, 9.17) is 5.11 Å². The summed E-state index contributed by atoms with van der Waals surface area (Å²) in [6, 6.07) is 1.50. The molecule has 1 aromatic rings. The van der Waals surface area contributed by atoms with Crippen molar-refractivity contribution < 1.29 is 27.1 Å². The minimum atomic E-state index is -5.64. The van der Waals surface area contributed by atoms with Crippen LogP contribution in [0.1, 0.15) is 11.3 Å². The Morgan fingerprint density at radius 1 is 1.13 bits per heavy atom. The van der Waals surface area contributed by atoms with Crippen LogP contribution < -0.4 is 0 Å². The molecule has 0 spiro atoms. The highest BCUT2D eigenvalue weighted by Crippen LogP contribution is 2.43. The molecule has 84 valence electrons. The molecule has 0 saturated heterocycles.